The summed E-state index contributed by atoms with van der Waals surface area (Å²) in [5.74, 6) is -1.11. The standard InChI is InChI=1S/C7H5F4N/c8-2-4-1-5(7(10)11)6(9)3-12-4/h1,3,7H,2H2. The van der Waals surface area contributed by atoms with E-state index in [1.807, 2.05) is 0 Å². The van der Waals surface area contributed by atoms with Gasteiger partial charge in [-0.25, -0.2) is 17.6 Å². The van der Waals surface area contributed by atoms with Crippen LogP contribution in [0.1, 0.15) is 17.7 Å². The van der Waals surface area contributed by atoms with E-state index in [4.69, 9.17) is 0 Å². The highest BCUT2D eigenvalue weighted by Crippen LogP contribution is 2.21. The Balaban J connectivity index is 3.08. The molecule has 0 unspecified atom stereocenters. The molecule has 0 amide bonds. The lowest BCUT2D eigenvalue weighted by Gasteiger charge is -2.01. The lowest BCUT2D eigenvalue weighted by atomic mass is 10.2. The molecule has 0 spiro atoms. The van der Waals surface area contributed by atoms with E-state index in [1.165, 1.54) is 0 Å². The van der Waals surface area contributed by atoms with Gasteiger partial charge in [0.2, 0.25) is 0 Å². The van der Waals surface area contributed by atoms with E-state index >= 15 is 0 Å². The Hall–Kier alpha value is -1.13. The third-order valence-corrected chi connectivity index (χ3v) is 1.31. The summed E-state index contributed by atoms with van der Waals surface area (Å²) in [7, 11) is 0. The molecule has 0 saturated carbocycles. The van der Waals surface area contributed by atoms with Crippen molar-refractivity contribution in [1.29, 1.82) is 0 Å². The van der Waals surface area contributed by atoms with Crippen molar-refractivity contribution in [2.45, 2.75) is 13.1 Å². The summed E-state index contributed by atoms with van der Waals surface area (Å²) < 4.78 is 48.3. The molecule has 0 N–H and O–H groups in total. The summed E-state index contributed by atoms with van der Waals surface area (Å²) in [4.78, 5) is 3.26. The summed E-state index contributed by atoms with van der Waals surface area (Å²) in [5, 5.41) is 0. The second-order valence-electron chi connectivity index (χ2n) is 2.13. The smallest absolute Gasteiger partial charge is 0.255 e. The minimum atomic E-state index is -2.93. The molecule has 0 aliphatic rings. The van der Waals surface area contributed by atoms with Gasteiger partial charge in [0.05, 0.1) is 17.5 Å². The second kappa shape index (κ2) is 3.51. The van der Waals surface area contributed by atoms with Gasteiger partial charge in [-0.2, -0.15) is 0 Å². The van der Waals surface area contributed by atoms with Gasteiger partial charge in [0.25, 0.3) is 6.43 Å². The van der Waals surface area contributed by atoms with Crippen LogP contribution in [0.5, 0.6) is 0 Å². The molecule has 1 rings (SSSR count). The molecule has 0 aliphatic heterocycles. The van der Waals surface area contributed by atoms with E-state index in [1.54, 1.807) is 0 Å². The first kappa shape index (κ1) is 8.96. The summed E-state index contributed by atoms with van der Waals surface area (Å²) in [5.41, 5.74) is -0.996. The zero-order chi connectivity index (χ0) is 9.14. The highest BCUT2D eigenvalue weighted by Gasteiger charge is 2.14. The predicted molar refractivity (Wildman–Crippen MR) is 34.0 cm³/mol. The second-order valence-corrected chi connectivity index (χ2v) is 2.13. The molecule has 1 aromatic rings. The van der Waals surface area contributed by atoms with E-state index < -0.39 is 24.5 Å². The first-order chi connectivity index (χ1) is 5.65. The van der Waals surface area contributed by atoms with E-state index in [-0.39, 0.29) is 5.69 Å². The molecule has 0 aliphatic carbocycles. The van der Waals surface area contributed by atoms with E-state index in [0.29, 0.717) is 6.20 Å². The fraction of sp³-hybridized carbons (Fsp3) is 0.286. The van der Waals surface area contributed by atoms with Crippen LogP contribution in [-0.4, -0.2) is 4.98 Å². The first-order valence-corrected chi connectivity index (χ1v) is 3.13. The van der Waals surface area contributed by atoms with Gasteiger partial charge in [-0.15, -0.1) is 0 Å². The number of rotatable bonds is 2. The van der Waals surface area contributed by atoms with Gasteiger partial charge in [-0.3, -0.25) is 4.98 Å². The van der Waals surface area contributed by atoms with Crippen molar-refractivity contribution in [2.24, 2.45) is 0 Å². The van der Waals surface area contributed by atoms with Crippen molar-refractivity contribution in [2.75, 3.05) is 0 Å². The molecule has 0 bridgehead atoms. The zero-order valence-electron chi connectivity index (χ0n) is 5.90. The van der Waals surface area contributed by atoms with E-state index in [2.05, 4.69) is 4.98 Å². The van der Waals surface area contributed by atoms with Gasteiger partial charge in [0.1, 0.15) is 12.5 Å². The van der Waals surface area contributed by atoms with Crippen molar-refractivity contribution in [1.82, 2.24) is 4.98 Å². The minimum Gasteiger partial charge on any atom is -0.255 e. The van der Waals surface area contributed by atoms with Crippen LogP contribution in [0, 0.1) is 5.82 Å². The van der Waals surface area contributed by atoms with Crippen LogP contribution in [0.4, 0.5) is 17.6 Å². The highest BCUT2D eigenvalue weighted by molar-refractivity contribution is 5.18. The lowest BCUT2D eigenvalue weighted by Crippen LogP contribution is -1.95. The number of nitrogens with zero attached hydrogens (tertiary/aromatic N) is 1. The lowest BCUT2D eigenvalue weighted by molar-refractivity contribution is 0.146. The van der Waals surface area contributed by atoms with Crippen molar-refractivity contribution in [3.8, 4) is 0 Å². The van der Waals surface area contributed by atoms with E-state index in [9.17, 15) is 17.6 Å². The van der Waals surface area contributed by atoms with Crippen LogP contribution >= 0.6 is 0 Å². The molecule has 0 atom stereocenters. The number of hydrogen-bond acceptors (Lipinski definition) is 1. The molecule has 1 aromatic heterocycles. The summed E-state index contributed by atoms with van der Waals surface area (Å²) in [6.45, 7) is -0.972. The molecule has 0 aromatic carbocycles. The normalized spacial score (nSPS) is 10.8. The Morgan fingerprint density at radius 3 is 2.58 bits per heavy atom. The molecule has 0 fully saturated rings. The van der Waals surface area contributed by atoms with Crippen molar-refractivity contribution in [3.63, 3.8) is 0 Å². The Morgan fingerprint density at radius 1 is 1.42 bits per heavy atom. The Labute approximate surface area is 66.0 Å². The molecule has 0 saturated heterocycles. The van der Waals surface area contributed by atoms with Crippen molar-refractivity contribution >= 4 is 0 Å². The Kier molecular flexibility index (Phi) is 2.62. The largest absolute Gasteiger partial charge is 0.266 e. The average molecular weight is 179 g/mol. The Bertz CT molecular complexity index is 274. The molecule has 12 heavy (non-hydrogen) atoms. The number of alkyl halides is 3. The molecule has 0 radical (unpaired) electrons. The van der Waals surface area contributed by atoms with Crippen LogP contribution in [0.15, 0.2) is 12.3 Å². The number of hydrogen-bond donors (Lipinski definition) is 0. The Morgan fingerprint density at radius 2 is 2.08 bits per heavy atom. The van der Waals surface area contributed by atoms with Gasteiger partial charge in [-0.1, -0.05) is 0 Å². The van der Waals surface area contributed by atoms with Crippen LogP contribution in [-0.2, 0) is 6.67 Å². The number of pyridine rings is 1. The third kappa shape index (κ3) is 1.72. The van der Waals surface area contributed by atoms with Crippen LogP contribution in [0.2, 0.25) is 0 Å². The van der Waals surface area contributed by atoms with Crippen LogP contribution in [0.3, 0.4) is 0 Å². The number of aromatic nitrogens is 1. The van der Waals surface area contributed by atoms with Crippen LogP contribution in [0.25, 0.3) is 0 Å². The SMILES string of the molecule is FCc1cc(C(F)F)c(F)cn1. The van der Waals surface area contributed by atoms with Crippen LogP contribution < -0.4 is 0 Å². The minimum absolute atomic E-state index is 0.188. The molecular weight excluding hydrogens is 174 g/mol. The predicted octanol–water partition coefficient (Wildman–Crippen LogP) is 2.63. The topological polar surface area (TPSA) is 12.9 Å². The van der Waals surface area contributed by atoms with Gasteiger partial charge in [0, 0.05) is 0 Å². The first-order valence-electron chi connectivity index (χ1n) is 3.13. The maximum absolute atomic E-state index is 12.5. The van der Waals surface area contributed by atoms with Crippen molar-refractivity contribution < 1.29 is 17.6 Å². The van der Waals surface area contributed by atoms with Gasteiger partial charge in [0.15, 0.2) is 0 Å². The fourth-order valence-corrected chi connectivity index (χ4v) is 0.740. The summed E-state index contributed by atoms with van der Waals surface area (Å²) in [6.07, 6.45) is -2.34. The molecule has 66 valence electrons. The number of halogens is 4. The highest BCUT2D eigenvalue weighted by atomic mass is 19.3. The molecule has 1 heterocycles. The fourth-order valence-electron chi connectivity index (χ4n) is 0.740. The van der Waals surface area contributed by atoms with Gasteiger partial charge < -0.3 is 0 Å². The van der Waals surface area contributed by atoms with Crippen molar-refractivity contribution in [3.05, 3.63) is 29.3 Å². The van der Waals surface area contributed by atoms with E-state index in [0.717, 1.165) is 6.07 Å². The maximum Gasteiger partial charge on any atom is 0.266 e. The third-order valence-electron chi connectivity index (χ3n) is 1.31. The average Bonchev–Trinajstić information content (AvgIpc) is 2.05. The maximum atomic E-state index is 12.5. The summed E-state index contributed by atoms with van der Waals surface area (Å²) >= 11 is 0. The molecule has 5 heteroatoms. The molecular formula is C7H5F4N. The van der Waals surface area contributed by atoms with Gasteiger partial charge >= 0.3 is 0 Å². The monoisotopic (exact) mass is 179 g/mol. The quantitative estimate of drug-likeness (QED) is 0.636. The summed E-state index contributed by atoms with van der Waals surface area (Å²) in [6, 6.07) is 0.722. The molecule has 1 nitrogen and oxygen atoms in total. The van der Waals surface area contributed by atoms with Gasteiger partial charge in [-0.05, 0) is 6.07 Å². The zero-order valence-corrected chi connectivity index (χ0v) is 5.90.